The quantitative estimate of drug-likeness (QED) is 0.382. The van der Waals surface area contributed by atoms with Gasteiger partial charge in [0, 0.05) is 5.92 Å². The Morgan fingerprint density at radius 1 is 0.800 bits per heavy atom. The highest BCUT2D eigenvalue weighted by atomic mass is 16.6. The molecule has 11 nitrogen and oxygen atoms in total. The maximum Gasteiger partial charge on any atom is 0.362 e. The molecule has 5 N–H and O–H groups in total. The van der Waals surface area contributed by atoms with E-state index < -0.39 is 48.1 Å². The van der Waals surface area contributed by atoms with Crippen molar-refractivity contribution in [3.63, 3.8) is 0 Å². The maximum atomic E-state index is 12.0. The van der Waals surface area contributed by atoms with E-state index in [0.29, 0.717) is 0 Å². The van der Waals surface area contributed by atoms with Gasteiger partial charge in [-0.1, -0.05) is 50.2 Å². The number of hydrogen-bond donors (Lipinski definition) is 3. The molecule has 0 aliphatic carbocycles. The lowest BCUT2D eigenvalue weighted by Crippen LogP contribution is -2.67. The molecule has 0 radical (unpaired) electrons. The molecule has 0 amide bonds. The molecule has 0 aliphatic heterocycles. The summed E-state index contributed by atoms with van der Waals surface area (Å²) >= 11 is 0. The minimum atomic E-state index is -2.33. The van der Waals surface area contributed by atoms with Gasteiger partial charge in [-0.15, -0.1) is 0 Å². The molecule has 4 atom stereocenters. The van der Waals surface area contributed by atoms with Crippen LogP contribution in [-0.2, 0) is 23.9 Å². The lowest BCUT2D eigenvalue weighted by Gasteiger charge is -2.24. The number of carbonyl (C=O) groups excluding carboxylic acids is 3. The Hall–Kier alpha value is -4.25. The van der Waals surface area contributed by atoms with Crippen molar-refractivity contribution in [1.82, 2.24) is 0 Å². The molecule has 0 bridgehead atoms. The third-order valence-corrected chi connectivity index (χ3v) is 4.89. The lowest BCUT2D eigenvalue weighted by atomic mass is 10.0. The predicted molar refractivity (Wildman–Crippen MR) is 118 cm³/mol. The van der Waals surface area contributed by atoms with Crippen LogP contribution in [0.25, 0.3) is 0 Å². The molecule has 2 aromatic carbocycles. The number of carbonyl (C=O) groups is 5. The first-order valence-corrected chi connectivity index (χ1v) is 10.5. The smallest absolute Gasteiger partial charge is 0.362 e. The number of aliphatic carboxylic acids is 3. The van der Waals surface area contributed by atoms with E-state index in [2.05, 4.69) is 5.73 Å². The van der Waals surface area contributed by atoms with E-state index in [4.69, 9.17) is 14.6 Å². The fourth-order valence-corrected chi connectivity index (χ4v) is 2.52. The van der Waals surface area contributed by atoms with Crippen LogP contribution in [-0.4, -0.2) is 58.3 Å². The fourth-order valence-electron chi connectivity index (χ4n) is 2.52. The van der Waals surface area contributed by atoms with Crippen LogP contribution in [0.5, 0.6) is 0 Å². The maximum absolute atomic E-state index is 12.0. The molecule has 0 heterocycles. The lowest BCUT2D eigenvalue weighted by molar-refractivity contribution is -0.419. The molecule has 2 rings (SSSR count). The van der Waals surface area contributed by atoms with Crippen molar-refractivity contribution >= 4 is 29.8 Å². The van der Waals surface area contributed by atoms with Crippen molar-refractivity contribution in [2.75, 3.05) is 0 Å². The number of carboxylic acids is 3. The summed E-state index contributed by atoms with van der Waals surface area (Å²) in [6.45, 7) is 3.86. The van der Waals surface area contributed by atoms with Gasteiger partial charge >= 0.3 is 23.9 Å². The van der Waals surface area contributed by atoms with Crippen molar-refractivity contribution in [2.24, 2.45) is 5.92 Å². The van der Waals surface area contributed by atoms with Crippen LogP contribution in [0.15, 0.2) is 60.7 Å². The van der Waals surface area contributed by atoms with Gasteiger partial charge in [0.25, 0.3) is 0 Å². The monoisotopic (exact) mass is 489 g/mol. The Morgan fingerprint density at radius 2 is 1.20 bits per heavy atom. The van der Waals surface area contributed by atoms with E-state index >= 15 is 0 Å². The standard InChI is InChI=1S/C18H14O8.C6H13NO2/c19-15(20)13(25-17(23)11-7-3-1-4-8-11)14(16(21)22)26-18(24)12-9-5-2-6-10-12;1-3-4(2)5(7)6(8)9/h1-10,13-14H,(H,19,20)(H,21,22);4-5H,3,7H2,1-2H3,(H,8,9)/t13-,14-;4-,5-/m01/s1. The molecule has 0 fully saturated rings. The molecule has 2 aromatic rings. The third-order valence-electron chi connectivity index (χ3n) is 4.89. The number of hydrogen-bond acceptors (Lipinski definition) is 8. The van der Waals surface area contributed by atoms with Gasteiger partial charge in [-0.05, 0) is 30.7 Å². The van der Waals surface area contributed by atoms with E-state index in [-0.39, 0.29) is 17.0 Å². The predicted octanol–water partition coefficient (Wildman–Crippen LogP) is -0.000300. The normalized spacial score (nSPS) is 13.6. The zero-order valence-electron chi connectivity index (χ0n) is 19.2. The number of ether oxygens (including phenoxy) is 2. The molecule has 0 spiro atoms. The van der Waals surface area contributed by atoms with E-state index in [9.17, 15) is 34.2 Å². The summed E-state index contributed by atoms with van der Waals surface area (Å²) in [6.07, 6.45) is -3.73. The van der Waals surface area contributed by atoms with E-state index in [0.717, 1.165) is 6.42 Å². The SMILES string of the molecule is CC[C@@H](C)[C@@H]([NH3+])C(=O)O.O=C(O[C@H](C(=O)[O-])[C@H](OC(=O)c1ccccc1)C(=O)O)c1ccccc1. The second-order valence-corrected chi connectivity index (χ2v) is 7.37. The highest BCUT2D eigenvalue weighted by Crippen LogP contribution is 2.12. The molecular formula is C24H27NO10. The topological polar surface area (TPSA) is 195 Å². The van der Waals surface area contributed by atoms with Gasteiger partial charge in [0.2, 0.25) is 6.10 Å². The van der Waals surface area contributed by atoms with E-state index in [1.165, 1.54) is 48.5 Å². The first kappa shape index (κ1) is 28.8. The van der Waals surface area contributed by atoms with Crippen molar-refractivity contribution in [3.05, 3.63) is 71.8 Å². The molecule has 11 heteroatoms. The molecule has 0 aromatic heterocycles. The molecule has 0 unspecified atom stereocenters. The summed E-state index contributed by atoms with van der Waals surface area (Å²) < 4.78 is 9.42. The molecule has 35 heavy (non-hydrogen) atoms. The largest absolute Gasteiger partial charge is 0.546 e. The Balaban J connectivity index is 0.000000579. The van der Waals surface area contributed by atoms with E-state index in [1.807, 2.05) is 13.8 Å². The van der Waals surface area contributed by atoms with Crippen LogP contribution in [0.1, 0.15) is 41.0 Å². The Kier molecular flexibility index (Phi) is 11.6. The van der Waals surface area contributed by atoms with Crippen LogP contribution >= 0.6 is 0 Å². The summed E-state index contributed by atoms with van der Waals surface area (Å²) in [6, 6.07) is 14.2. The summed E-state index contributed by atoms with van der Waals surface area (Å²) in [4.78, 5) is 56.9. The minimum Gasteiger partial charge on any atom is -0.546 e. The first-order valence-electron chi connectivity index (χ1n) is 10.5. The summed E-state index contributed by atoms with van der Waals surface area (Å²) in [5, 5.41) is 28.9. The minimum absolute atomic E-state index is 0.00252. The first-order chi connectivity index (χ1) is 16.5. The van der Waals surface area contributed by atoms with Gasteiger partial charge < -0.3 is 35.3 Å². The van der Waals surface area contributed by atoms with Gasteiger partial charge in [-0.2, -0.15) is 0 Å². The molecule has 0 aliphatic rings. The summed E-state index contributed by atoms with van der Waals surface area (Å²) in [5.41, 5.74) is 3.51. The van der Waals surface area contributed by atoms with Crippen LogP contribution in [0.2, 0.25) is 0 Å². The van der Waals surface area contributed by atoms with Crippen molar-refractivity contribution < 1.29 is 54.5 Å². The highest BCUT2D eigenvalue weighted by molar-refractivity contribution is 5.95. The second-order valence-electron chi connectivity index (χ2n) is 7.37. The van der Waals surface area contributed by atoms with Crippen LogP contribution < -0.4 is 10.8 Å². The number of esters is 2. The van der Waals surface area contributed by atoms with Gasteiger partial charge in [0.05, 0.1) is 17.1 Å². The summed E-state index contributed by atoms with van der Waals surface area (Å²) in [5.74, 6) is -6.61. The number of rotatable bonds is 10. The van der Waals surface area contributed by atoms with E-state index in [1.54, 1.807) is 12.1 Å². The molecule has 188 valence electrons. The average Bonchev–Trinajstić information content (AvgIpc) is 2.85. The van der Waals surface area contributed by atoms with Gasteiger partial charge in [-0.25, -0.2) is 19.2 Å². The molecular weight excluding hydrogens is 462 g/mol. The zero-order valence-corrected chi connectivity index (χ0v) is 19.2. The summed E-state index contributed by atoms with van der Waals surface area (Å²) in [7, 11) is 0. The molecule has 0 saturated heterocycles. The van der Waals surface area contributed by atoms with Crippen LogP contribution in [0.3, 0.4) is 0 Å². The van der Waals surface area contributed by atoms with Crippen molar-refractivity contribution in [3.8, 4) is 0 Å². The fraction of sp³-hybridized carbons (Fsp3) is 0.292. The third kappa shape index (κ3) is 9.26. The van der Waals surface area contributed by atoms with Crippen molar-refractivity contribution in [1.29, 1.82) is 0 Å². The number of carboxylic acid groups (broad SMARTS) is 3. The Morgan fingerprint density at radius 3 is 1.49 bits per heavy atom. The average molecular weight is 489 g/mol. The Labute approximate surface area is 201 Å². The van der Waals surface area contributed by atoms with Gasteiger partial charge in [0.15, 0.2) is 12.1 Å². The van der Waals surface area contributed by atoms with Gasteiger partial charge in [-0.3, -0.25) is 0 Å². The number of benzene rings is 2. The zero-order chi connectivity index (χ0) is 26.5. The molecule has 0 saturated carbocycles. The Bertz CT molecular complexity index is 940. The second kappa shape index (κ2) is 14.1. The highest BCUT2D eigenvalue weighted by Gasteiger charge is 2.36. The van der Waals surface area contributed by atoms with Crippen LogP contribution in [0.4, 0.5) is 0 Å². The van der Waals surface area contributed by atoms with Crippen molar-refractivity contribution in [2.45, 2.75) is 38.5 Å². The van der Waals surface area contributed by atoms with Gasteiger partial charge in [0.1, 0.15) is 0 Å². The van der Waals surface area contributed by atoms with Crippen LogP contribution in [0, 0.1) is 5.92 Å². The number of quaternary nitrogens is 1.